The number of benzene rings is 4. The Kier molecular flexibility index (Phi) is 24.2. The number of piperidine rings is 2. The van der Waals surface area contributed by atoms with E-state index in [9.17, 15) is 19.2 Å². The Morgan fingerprint density at radius 1 is 0.405 bits per heavy atom. The lowest BCUT2D eigenvalue weighted by atomic mass is 9.96. The Morgan fingerprint density at radius 2 is 0.696 bits per heavy atom. The number of ether oxygens (including phenoxy) is 1. The molecule has 4 amide bonds. The van der Waals surface area contributed by atoms with E-state index in [4.69, 9.17) is 51.1 Å². The number of piperazine rings is 1. The molecular weight excluding hydrogens is 1140 g/mol. The smallest absolute Gasteiger partial charge is 0.255 e. The Balaban J connectivity index is 0.000000194. The van der Waals surface area contributed by atoms with Crippen molar-refractivity contribution >= 4 is 123 Å². The fourth-order valence-corrected chi connectivity index (χ4v) is 18.5. The zero-order chi connectivity index (χ0) is 58.8. The molecule has 4 heterocycles. The third kappa shape index (κ3) is 17.9. The summed E-state index contributed by atoms with van der Waals surface area (Å²) in [4.78, 5) is 61.5. The summed E-state index contributed by atoms with van der Waals surface area (Å²) in [6.07, 6.45) is 6.82. The van der Waals surface area contributed by atoms with Crippen LogP contribution in [-0.4, -0.2) is 165 Å². The highest BCUT2D eigenvalue weighted by Crippen LogP contribution is 2.29. The first kappa shape index (κ1) is 66.5. The van der Waals surface area contributed by atoms with Crippen LogP contribution >= 0.6 is 46.4 Å². The highest BCUT2D eigenvalue weighted by atomic mass is 35.5. The molecule has 2 atom stereocenters. The highest BCUT2D eigenvalue weighted by molar-refractivity contribution is 6.91. The van der Waals surface area contributed by atoms with Gasteiger partial charge in [0, 0.05) is 64.4 Å². The second-order valence-corrected chi connectivity index (χ2v) is 47.6. The summed E-state index contributed by atoms with van der Waals surface area (Å²) in [7, 11) is -4.28. The molecule has 2 unspecified atom stereocenters. The third-order valence-corrected chi connectivity index (χ3v) is 24.7. The molecule has 0 radical (unpaired) electrons. The molecule has 4 aliphatic heterocycles. The van der Waals surface area contributed by atoms with Gasteiger partial charge in [0.1, 0.15) is 0 Å². The molecule has 0 saturated carbocycles. The number of carbonyl (C=O) groups is 4. The van der Waals surface area contributed by atoms with E-state index in [1.165, 1.54) is 23.2 Å². The van der Waals surface area contributed by atoms with Gasteiger partial charge in [-0.2, -0.15) is 0 Å². The average Bonchev–Trinajstić information content (AvgIpc) is 3.43. The molecule has 0 spiro atoms. The molecule has 0 aliphatic carbocycles. The molecule has 4 aromatic rings. The van der Waals surface area contributed by atoms with Gasteiger partial charge < -0.3 is 29.2 Å². The second-order valence-electron chi connectivity index (χ2n) is 25.8. The van der Waals surface area contributed by atoms with Crippen LogP contribution in [0, 0.1) is 0 Å². The number of rotatable bonds is 8. The van der Waals surface area contributed by atoms with Crippen LogP contribution in [0.3, 0.4) is 0 Å². The van der Waals surface area contributed by atoms with Crippen molar-refractivity contribution < 1.29 is 23.9 Å². The molecule has 0 N–H and O–H groups in total. The molecule has 4 aromatic carbocycles. The van der Waals surface area contributed by atoms with E-state index in [0.29, 0.717) is 64.0 Å². The van der Waals surface area contributed by atoms with E-state index in [1.54, 1.807) is 6.07 Å². The van der Waals surface area contributed by atoms with E-state index in [2.05, 4.69) is 123 Å². The summed E-state index contributed by atoms with van der Waals surface area (Å²) in [5, 5.41) is 7.01. The molecule has 434 valence electrons. The van der Waals surface area contributed by atoms with Crippen LogP contribution in [0.15, 0.2) is 72.8 Å². The third-order valence-electron chi connectivity index (χ3n) is 15.3. The molecule has 0 aromatic heterocycles. The van der Waals surface area contributed by atoms with Crippen LogP contribution in [0.4, 0.5) is 0 Å². The number of carbonyl (C=O) groups excluding carboxylic acids is 4. The minimum Gasteiger partial charge on any atom is -0.378 e. The minimum absolute atomic E-state index is 0.0475. The molecule has 0 bridgehead atoms. The van der Waals surface area contributed by atoms with Crippen LogP contribution in [0.1, 0.15) is 93.8 Å². The first-order valence-electron chi connectivity index (χ1n) is 28.5. The van der Waals surface area contributed by atoms with Gasteiger partial charge in [-0.1, -0.05) is 173 Å². The highest BCUT2D eigenvalue weighted by Gasteiger charge is 2.36. The summed E-state index contributed by atoms with van der Waals surface area (Å²) in [5.41, 5.74) is 2.94. The van der Waals surface area contributed by atoms with Crippen molar-refractivity contribution in [3.8, 4) is 0 Å². The van der Waals surface area contributed by atoms with Crippen molar-refractivity contribution in [1.82, 2.24) is 24.5 Å². The average molecular weight is 1230 g/mol. The van der Waals surface area contributed by atoms with Crippen molar-refractivity contribution in [2.75, 3.05) is 72.6 Å². The van der Waals surface area contributed by atoms with E-state index < -0.39 is 32.3 Å². The predicted octanol–water partition coefficient (Wildman–Crippen LogP) is 12.4. The van der Waals surface area contributed by atoms with Crippen LogP contribution in [0.2, 0.25) is 98.7 Å². The number of hydrogen-bond acceptors (Lipinski definition) is 6. The normalized spacial score (nSPS) is 18.5. The number of hydrogen-bond donors (Lipinski definition) is 0. The number of nitrogens with zero attached hydrogens (tertiary/aromatic N) is 5. The summed E-state index contributed by atoms with van der Waals surface area (Å²) in [6.45, 7) is 39.0. The van der Waals surface area contributed by atoms with Gasteiger partial charge in [0.2, 0.25) is 0 Å². The predicted molar refractivity (Wildman–Crippen MR) is 347 cm³/mol. The van der Waals surface area contributed by atoms with Crippen molar-refractivity contribution in [1.29, 1.82) is 0 Å². The fraction of sp³-hybridized carbons (Fsp3) is 0.541. The van der Waals surface area contributed by atoms with Gasteiger partial charge in [0.05, 0.1) is 87.9 Å². The van der Waals surface area contributed by atoms with Gasteiger partial charge in [-0.3, -0.25) is 19.2 Å². The van der Waals surface area contributed by atoms with Crippen molar-refractivity contribution in [2.24, 2.45) is 0 Å². The summed E-state index contributed by atoms with van der Waals surface area (Å²) in [5.74, 6) is 0.396. The maximum atomic E-state index is 13.2. The van der Waals surface area contributed by atoms with Crippen molar-refractivity contribution in [3.63, 3.8) is 0 Å². The molecule has 10 nitrogen and oxygen atoms in total. The molecule has 4 aliphatic rings. The Bertz CT molecular complexity index is 2640. The minimum atomic E-state index is -1.61. The number of likely N-dealkylation sites (N-methyl/N-ethyl adjacent to an activating group) is 1. The topological polar surface area (TPSA) is 93.7 Å². The van der Waals surface area contributed by atoms with Crippen LogP contribution in [-0.2, 0) is 4.74 Å². The van der Waals surface area contributed by atoms with E-state index in [1.807, 2.05) is 68.1 Å². The molecule has 4 fully saturated rings. The molecule has 79 heavy (non-hydrogen) atoms. The lowest BCUT2D eigenvalue weighted by Gasteiger charge is -2.40. The maximum Gasteiger partial charge on any atom is 0.255 e. The number of halogens is 4. The first-order valence-corrected chi connectivity index (χ1v) is 44.0. The van der Waals surface area contributed by atoms with Gasteiger partial charge in [-0.15, -0.1) is 0 Å². The van der Waals surface area contributed by atoms with Gasteiger partial charge >= 0.3 is 0 Å². The monoisotopic (exact) mass is 1230 g/mol. The van der Waals surface area contributed by atoms with E-state index in [0.717, 1.165) is 92.0 Å². The summed E-state index contributed by atoms with van der Waals surface area (Å²) >= 11 is 25.4. The van der Waals surface area contributed by atoms with Gasteiger partial charge in [-0.25, -0.2) is 0 Å². The van der Waals surface area contributed by atoms with Gasteiger partial charge in [-0.05, 0) is 104 Å². The van der Waals surface area contributed by atoms with Crippen LogP contribution in [0.25, 0.3) is 0 Å². The number of amides is 4. The number of morpholine rings is 1. The van der Waals surface area contributed by atoms with Crippen LogP contribution < -0.4 is 20.7 Å². The second kappa shape index (κ2) is 28.8. The molecule has 4 saturated heterocycles. The Hall–Kier alpha value is -3.29. The quantitative estimate of drug-likeness (QED) is 0.163. The zero-order valence-corrected chi connectivity index (χ0v) is 57.2. The molecular formula is C61H91Cl4N5O5Si4. The Morgan fingerprint density at radius 3 is 1.01 bits per heavy atom. The van der Waals surface area contributed by atoms with Gasteiger partial charge in [0.25, 0.3) is 23.6 Å². The summed E-state index contributed by atoms with van der Waals surface area (Å²) < 4.78 is 5.30. The van der Waals surface area contributed by atoms with Crippen LogP contribution in [0.5, 0.6) is 0 Å². The maximum absolute atomic E-state index is 13.2. The largest absolute Gasteiger partial charge is 0.378 e. The Labute approximate surface area is 498 Å². The lowest BCUT2D eigenvalue weighted by molar-refractivity contribution is 0.0303. The SMILES string of the molecule is CC1CCCC(C)N1C(=O)c1c(Cl)cccc1[Si](C)(C)C.CN1CCN(C(=O)c2c(Cl)cccc2[Si](C)(C)C)CC1.C[Si](C)(C)c1cccc(Cl)c1C(=O)N1CCCCC1.C[Si](C)(C)c1cccc(Cl)c1C(=O)N1CCOCC1. The standard InChI is InChI=1S/C17H26ClNOSi.C15H23ClN2OSi.C15H22ClNOSi.C14H20ClNO2Si/c1-12-8-6-9-13(2)19(12)17(20)16-14(18)10-7-11-15(16)21(3,4)5;1-17-8-10-18(11-9-17)15(19)14-12(16)6-5-7-13(14)20(2,3)4;1-19(2,3)13-9-7-8-12(16)14(13)15(18)17-10-5-4-6-11-17;1-19(2,3)12-6-4-5-11(15)13(12)14(17)16-7-9-18-10-8-16/h7,10-13H,6,8-9H2,1-5H3;5-7H,8-11H2,1-4H3;7-9H,4-6,10-11H2,1-3H3;4-6H,7-10H2,1-3H3. The molecule has 18 heteroatoms. The zero-order valence-electron chi connectivity index (χ0n) is 50.2. The number of likely N-dealkylation sites (tertiary alicyclic amines) is 2. The van der Waals surface area contributed by atoms with E-state index >= 15 is 0 Å². The fourth-order valence-electron chi connectivity index (χ4n) is 10.8. The van der Waals surface area contributed by atoms with Gasteiger partial charge in [0.15, 0.2) is 0 Å². The lowest BCUT2D eigenvalue weighted by Crippen LogP contribution is -2.51. The van der Waals surface area contributed by atoms with Crippen molar-refractivity contribution in [3.05, 3.63) is 115 Å². The summed E-state index contributed by atoms with van der Waals surface area (Å²) in [6, 6.07) is 24.0. The molecule has 8 rings (SSSR count). The first-order chi connectivity index (χ1) is 36.9. The van der Waals surface area contributed by atoms with Crippen molar-refractivity contribution in [2.45, 2.75) is 143 Å². The van der Waals surface area contributed by atoms with E-state index in [-0.39, 0.29) is 23.6 Å².